The zero-order valence-corrected chi connectivity index (χ0v) is 23.4. The van der Waals surface area contributed by atoms with Crippen LogP contribution in [0.1, 0.15) is 38.4 Å². The first-order valence-corrected chi connectivity index (χ1v) is 13.9. The van der Waals surface area contributed by atoms with Crippen LogP contribution in [0.15, 0.2) is 174 Å². The number of hydrogen-bond acceptors (Lipinski definition) is 1. The molecule has 0 aliphatic carbocycles. The molecule has 0 spiro atoms. The molecular weight excluding hydrogens is 569 g/mol. The van der Waals surface area contributed by atoms with E-state index in [2.05, 4.69) is 0 Å². The largest absolute Gasteiger partial charge is 0.456 e. The van der Waals surface area contributed by atoms with E-state index in [9.17, 15) is 13.7 Å². The predicted molar refractivity (Wildman–Crippen MR) is 200 cm³/mol. The third-order valence-corrected chi connectivity index (χ3v) is 7.76. The monoisotopic (exact) mass is 624 g/mol. The minimum Gasteiger partial charge on any atom is -0.456 e. The molecule has 0 atom stereocenters. The van der Waals surface area contributed by atoms with Gasteiger partial charge in [0, 0.05) is 10.8 Å². The van der Waals surface area contributed by atoms with Crippen molar-refractivity contribution in [3.05, 3.63) is 169 Å². The summed E-state index contributed by atoms with van der Waals surface area (Å²) in [6, 6.07) is -25.8. The molecule has 0 fully saturated rings. The second kappa shape index (κ2) is 10.2. The fourth-order valence-corrected chi connectivity index (χ4v) is 5.77. The molecule has 0 aliphatic heterocycles. The lowest BCUT2D eigenvalue weighted by Crippen LogP contribution is -1.91. The number of furan rings is 1. The van der Waals surface area contributed by atoms with Crippen molar-refractivity contribution in [2.45, 2.75) is 0 Å². The van der Waals surface area contributed by atoms with E-state index < -0.39 is 268 Å². The van der Waals surface area contributed by atoms with Crippen LogP contribution in [0, 0.1) is 0 Å². The van der Waals surface area contributed by atoms with Crippen LogP contribution in [-0.4, -0.2) is 0 Å². The Bertz CT molecular complexity index is 4330. The zero-order valence-electron chi connectivity index (χ0n) is 51.4. The van der Waals surface area contributed by atoms with Crippen LogP contribution >= 0.6 is 0 Å². The average molecular weight is 625 g/mol. The molecule has 0 aliphatic rings. The van der Waals surface area contributed by atoms with Crippen molar-refractivity contribution in [2.24, 2.45) is 0 Å². The number of benzene rings is 9. The Hall–Kier alpha value is -6.18. The first-order valence-electron chi connectivity index (χ1n) is 27.9. The highest BCUT2D eigenvalue weighted by Gasteiger charge is 2.18. The van der Waals surface area contributed by atoms with E-state index in [1.165, 1.54) is 0 Å². The molecule has 10 aromatic rings. The minimum atomic E-state index is -1.12. The molecule has 0 bridgehead atoms. The van der Waals surface area contributed by atoms with Gasteiger partial charge >= 0.3 is 0 Å². The number of fused-ring (bicyclic) bond motifs is 8. The van der Waals surface area contributed by atoms with Crippen LogP contribution in [0.5, 0.6) is 0 Å². The van der Waals surface area contributed by atoms with Crippen molar-refractivity contribution in [2.75, 3.05) is 0 Å². The molecule has 1 heterocycles. The summed E-state index contributed by atoms with van der Waals surface area (Å²) in [4.78, 5) is 0. The quantitative estimate of drug-likeness (QED) is 0.141. The van der Waals surface area contributed by atoms with Gasteiger partial charge < -0.3 is 4.42 Å². The molecule has 10 rings (SSSR count). The fraction of sp³-hybridized carbons (Fsp3) is 0. The first kappa shape index (κ1) is 10.7. The molecular formula is C46H28O. The normalized spacial score (nSPS) is 20.2. The highest BCUT2D eigenvalue weighted by Crippen LogP contribution is 2.45. The Morgan fingerprint density at radius 2 is 0.851 bits per heavy atom. The van der Waals surface area contributed by atoms with Crippen molar-refractivity contribution in [3.63, 3.8) is 0 Å². The van der Waals surface area contributed by atoms with Crippen LogP contribution in [0.25, 0.3) is 98.4 Å². The molecule has 218 valence electrons. The fourth-order valence-electron chi connectivity index (χ4n) is 5.77. The summed E-state index contributed by atoms with van der Waals surface area (Å²) in [6.07, 6.45) is 0. The van der Waals surface area contributed by atoms with Crippen LogP contribution < -0.4 is 0 Å². The van der Waals surface area contributed by atoms with Crippen molar-refractivity contribution in [3.8, 4) is 33.4 Å². The molecule has 0 unspecified atom stereocenters. The van der Waals surface area contributed by atoms with E-state index in [1.54, 1.807) is 0 Å². The summed E-state index contributed by atoms with van der Waals surface area (Å²) in [6.45, 7) is 0. The third-order valence-electron chi connectivity index (χ3n) is 7.76. The first-order chi connectivity index (χ1) is 35.0. The van der Waals surface area contributed by atoms with Gasteiger partial charge in [-0.25, -0.2) is 0 Å². The molecule has 0 amide bonds. The van der Waals surface area contributed by atoms with Gasteiger partial charge in [-0.1, -0.05) is 151 Å². The second-order valence-electron chi connectivity index (χ2n) is 10.3. The molecule has 1 nitrogen and oxygen atoms in total. The summed E-state index contributed by atoms with van der Waals surface area (Å²) in [7, 11) is 0. The van der Waals surface area contributed by atoms with Crippen LogP contribution in [0.2, 0.25) is 0 Å². The van der Waals surface area contributed by atoms with Gasteiger partial charge in [0.15, 0.2) is 0 Å². The molecule has 1 heteroatoms. The van der Waals surface area contributed by atoms with Gasteiger partial charge in [-0.05, 0) is 94.6 Å². The van der Waals surface area contributed by atoms with Gasteiger partial charge in [-0.3, -0.25) is 0 Å². The second-order valence-corrected chi connectivity index (χ2v) is 10.3. The highest BCUT2D eigenvalue weighted by molar-refractivity contribution is 6.22. The van der Waals surface area contributed by atoms with Gasteiger partial charge in [0.2, 0.25) is 0 Å². The predicted octanol–water partition coefficient (Wildman–Crippen LogP) is 13.2. The van der Waals surface area contributed by atoms with Crippen molar-refractivity contribution in [1.82, 2.24) is 0 Å². The number of hydrogen-bond donors (Lipinski definition) is 0. The molecule has 47 heavy (non-hydrogen) atoms. The molecule has 0 saturated heterocycles. The molecule has 1 aromatic heterocycles. The van der Waals surface area contributed by atoms with Crippen LogP contribution in [0.4, 0.5) is 0 Å². The Morgan fingerprint density at radius 3 is 1.57 bits per heavy atom. The van der Waals surface area contributed by atoms with Gasteiger partial charge in [0.1, 0.15) is 11.2 Å². The van der Waals surface area contributed by atoms with Gasteiger partial charge in [-0.15, -0.1) is 0 Å². The molecule has 9 aromatic carbocycles. The standard InChI is InChI=1S/C46H28O/c1-2-12-34-29(10-1)20-23-31-11-9-18-35(44(31)34)30-21-24-32(25-22-30)45-37-14-3-5-16-39(37)46(40-17-6-4-15-38(40)45)33-26-27-43-41(28-33)36-13-7-8-19-42(36)47-43/h1-28H/i1D,2D,3D,4D,5D,6D,7D,8D,9D,10D,11D,12D,13D,14D,15D,16D,17D,18D,19D,20D,21D,22D,23D,24D,25D,26D,27D,28D. The van der Waals surface area contributed by atoms with Crippen molar-refractivity contribution < 1.29 is 42.8 Å². The number of rotatable bonds is 3. The van der Waals surface area contributed by atoms with Crippen LogP contribution in [-0.2, 0) is 0 Å². The maximum atomic E-state index is 9.67. The van der Waals surface area contributed by atoms with E-state index in [-0.39, 0.29) is 0 Å². The topological polar surface area (TPSA) is 13.1 Å². The van der Waals surface area contributed by atoms with E-state index in [0.29, 0.717) is 0 Å². The summed E-state index contributed by atoms with van der Waals surface area (Å²) in [5, 5.41) is -6.21. The summed E-state index contributed by atoms with van der Waals surface area (Å²) < 4.78 is 258. The summed E-state index contributed by atoms with van der Waals surface area (Å²) in [5.74, 6) is 0. The highest BCUT2D eigenvalue weighted by atomic mass is 16.3. The Morgan fingerprint density at radius 1 is 0.340 bits per heavy atom. The lowest BCUT2D eigenvalue weighted by atomic mass is 9.85. The summed E-state index contributed by atoms with van der Waals surface area (Å²) >= 11 is 0. The van der Waals surface area contributed by atoms with Gasteiger partial charge in [0.05, 0.1) is 38.4 Å². The minimum absolute atomic E-state index is 0.431. The zero-order chi connectivity index (χ0) is 55.3. The van der Waals surface area contributed by atoms with E-state index in [1.807, 2.05) is 0 Å². The third kappa shape index (κ3) is 3.97. The van der Waals surface area contributed by atoms with Crippen molar-refractivity contribution in [1.29, 1.82) is 0 Å². The summed E-state index contributed by atoms with van der Waals surface area (Å²) in [5.41, 5.74) is -5.79. The van der Waals surface area contributed by atoms with E-state index in [0.717, 1.165) is 0 Å². The maximum absolute atomic E-state index is 9.67. The lowest BCUT2D eigenvalue weighted by molar-refractivity contribution is 0.669. The van der Waals surface area contributed by atoms with E-state index in [4.69, 9.17) is 29.1 Å². The Balaban J connectivity index is 1.46. The molecule has 0 N–H and O–H groups in total. The van der Waals surface area contributed by atoms with Gasteiger partial charge in [0.25, 0.3) is 0 Å². The van der Waals surface area contributed by atoms with E-state index >= 15 is 0 Å². The Kier molecular flexibility index (Phi) is 2.31. The average Bonchev–Trinajstić information content (AvgIpc) is 3.85. The van der Waals surface area contributed by atoms with Gasteiger partial charge in [-0.2, -0.15) is 0 Å². The molecule has 0 radical (unpaired) electrons. The lowest BCUT2D eigenvalue weighted by Gasteiger charge is -2.18. The maximum Gasteiger partial charge on any atom is 0.135 e. The van der Waals surface area contributed by atoms with Crippen LogP contribution in [0.3, 0.4) is 0 Å². The Labute approximate surface area is 311 Å². The smallest absolute Gasteiger partial charge is 0.135 e. The van der Waals surface area contributed by atoms with Crippen molar-refractivity contribution >= 4 is 65.0 Å². The number of para-hydroxylation sites is 1. The SMILES string of the molecule is [2H]c1c([2H])c(-c2c([2H])c([2H])c([2H])c3c([2H])c([2H])c4c([2H])c([2H])c([2H])c([2H])c4c23)c([2H])c([2H])c1-c1c2c([2H])c([2H])c([2H])c([2H])c2c(-c2c([2H])c([2H])c3oc4c([2H])c([2H])c([2H])c([2H])c4c3c2[2H])c2c([2H])c([2H])c([2H])c([2H])c12. The molecule has 0 saturated carbocycles.